The van der Waals surface area contributed by atoms with E-state index in [0.29, 0.717) is 10.8 Å². The van der Waals surface area contributed by atoms with E-state index in [0.717, 1.165) is 17.8 Å². The van der Waals surface area contributed by atoms with Crippen LogP contribution in [-0.2, 0) is 10.8 Å². The largest absolute Gasteiger partial charge is 0.310 e. The molecule has 4 saturated carbocycles. The van der Waals surface area contributed by atoms with Gasteiger partial charge in [0.15, 0.2) is 0 Å². The van der Waals surface area contributed by atoms with Crippen LogP contribution in [0.1, 0.15) is 57.6 Å². The first-order valence-corrected chi connectivity index (χ1v) is 18.1. The van der Waals surface area contributed by atoms with Gasteiger partial charge in [-0.05, 0) is 123 Å². The zero-order chi connectivity index (χ0) is 32.3. The Bertz CT molecular complexity index is 2150. The van der Waals surface area contributed by atoms with Crippen LogP contribution in [0, 0.1) is 23.2 Å². The molecule has 0 saturated heterocycles. The molecule has 1 heteroatoms. The lowest BCUT2D eigenvalue weighted by Gasteiger charge is -2.91. The third kappa shape index (κ3) is 3.68. The van der Waals surface area contributed by atoms with E-state index in [2.05, 4.69) is 165 Å². The van der Waals surface area contributed by atoms with Gasteiger partial charge in [0.25, 0.3) is 0 Å². The van der Waals surface area contributed by atoms with Crippen molar-refractivity contribution in [2.24, 2.45) is 23.2 Å². The molecule has 0 aliphatic heterocycles. The van der Waals surface area contributed by atoms with Crippen LogP contribution in [0.2, 0.25) is 0 Å². The van der Waals surface area contributed by atoms with Gasteiger partial charge in [0.1, 0.15) is 0 Å². The van der Waals surface area contributed by atoms with Crippen molar-refractivity contribution >= 4 is 27.8 Å². The number of para-hydroxylation sites is 1. The van der Waals surface area contributed by atoms with E-state index < -0.39 is 0 Å². The molecule has 236 valence electrons. The molecule has 2 unspecified atom stereocenters. The second-order valence-electron chi connectivity index (χ2n) is 16.3. The highest BCUT2D eigenvalue weighted by Crippen LogP contribution is 2.93. The van der Waals surface area contributed by atoms with Gasteiger partial charge in [-0.15, -0.1) is 0 Å². The standard InChI is InChI=1S/C47H43N/c1-45(2,3)34-21-25-39(26-22-34)48(38-23-19-32(20-24-38)31-11-5-4-6-12-31)43-18-8-7-15-40(43)41-16-9-13-33-14-10-17-42(44(33)41)46-29-36-27-35-28-37(30-46)47(35,36)46/h4-26,35-37H,27-30H2,1-3H3. The summed E-state index contributed by atoms with van der Waals surface area (Å²) in [7, 11) is 0. The molecule has 0 aromatic heterocycles. The van der Waals surface area contributed by atoms with Gasteiger partial charge < -0.3 is 4.90 Å². The molecule has 0 bridgehead atoms. The molecule has 4 fully saturated rings. The second kappa shape index (κ2) is 9.95. The highest BCUT2D eigenvalue weighted by molar-refractivity contribution is 6.04. The number of fused-ring (bicyclic) bond motifs is 1. The van der Waals surface area contributed by atoms with Crippen LogP contribution in [0.4, 0.5) is 17.1 Å². The Morgan fingerprint density at radius 2 is 1.12 bits per heavy atom. The van der Waals surface area contributed by atoms with Gasteiger partial charge in [-0.25, -0.2) is 0 Å². The van der Waals surface area contributed by atoms with Crippen molar-refractivity contribution in [3.8, 4) is 22.3 Å². The summed E-state index contributed by atoms with van der Waals surface area (Å²) in [4.78, 5) is 2.47. The minimum atomic E-state index is 0.0951. The van der Waals surface area contributed by atoms with Gasteiger partial charge in [0, 0.05) is 22.4 Å². The fraction of sp³-hybridized carbons (Fsp3) is 0.277. The fourth-order valence-corrected chi connectivity index (χ4v) is 11.2. The quantitative estimate of drug-likeness (QED) is 0.179. The molecule has 6 aromatic carbocycles. The van der Waals surface area contributed by atoms with E-state index in [1.165, 1.54) is 81.3 Å². The van der Waals surface area contributed by atoms with Crippen LogP contribution in [0.25, 0.3) is 33.0 Å². The summed E-state index contributed by atoms with van der Waals surface area (Å²) in [6, 6.07) is 52.4. The molecule has 0 amide bonds. The summed E-state index contributed by atoms with van der Waals surface area (Å²) in [5.41, 5.74) is 12.8. The monoisotopic (exact) mass is 621 g/mol. The smallest absolute Gasteiger partial charge is 0.0540 e. The molecule has 10 rings (SSSR count). The van der Waals surface area contributed by atoms with Crippen molar-refractivity contribution in [1.29, 1.82) is 0 Å². The van der Waals surface area contributed by atoms with Crippen LogP contribution in [0.15, 0.2) is 140 Å². The number of benzene rings is 6. The highest BCUT2D eigenvalue weighted by Gasteiger charge is 2.87. The summed E-state index contributed by atoms with van der Waals surface area (Å²) in [6.07, 6.45) is 5.78. The van der Waals surface area contributed by atoms with E-state index in [1.54, 1.807) is 5.56 Å². The zero-order valence-corrected chi connectivity index (χ0v) is 28.3. The maximum absolute atomic E-state index is 2.51. The van der Waals surface area contributed by atoms with E-state index in [4.69, 9.17) is 0 Å². The minimum Gasteiger partial charge on any atom is -0.310 e. The lowest BCUT2D eigenvalue weighted by atomic mass is 9.12. The van der Waals surface area contributed by atoms with E-state index in [-0.39, 0.29) is 5.41 Å². The van der Waals surface area contributed by atoms with Crippen molar-refractivity contribution < 1.29 is 0 Å². The molecule has 2 atom stereocenters. The molecule has 1 nitrogen and oxygen atoms in total. The second-order valence-corrected chi connectivity index (χ2v) is 16.3. The Kier molecular flexibility index (Phi) is 5.89. The normalized spacial score (nSPS) is 26.3. The van der Waals surface area contributed by atoms with Gasteiger partial charge in [-0.2, -0.15) is 0 Å². The summed E-state index contributed by atoms with van der Waals surface area (Å²) >= 11 is 0. The average molecular weight is 622 g/mol. The SMILES string of the molecule is CC(C)(C)c1ccc(N(c2ccc(-c3ccccc3)cc2)c2ccccc2-c2cccc3cccc(C45CC6CC7CC(C4)C765)c23)cc1. The molecule has 0 N–H and O–H groups in total. The lowest BCUT2D eigenvalue weighted by Crippen LogP contribution is -2.87. The van der Waals surface area contributed by atoms with Gasteiger partial charge in [-0.1, -0.05) is 130 Å². The summed E-state index contributed by atoms with van der Waals surface area (Å²) in [6.45, 7) is 6.87. The summed E-state index contributed by atoms with van der Waals surface area (Å²) in [5, 5.41) is 2.86. The van der Waals surface area contributed by atoms with Crippen molar-refractivity contribution in [3.63, 3.8) is 0 Å². The van der Waals surface area contributed by atoms with E-state index in [9.17, 15) is 0 Å². The topological polar surface area (TPSA) is 3.24 Å². The van der Waals surface area contributed by atoms with Crippen LogP contribution in [0.5, 0.6) is 0 Å². The number of hydrogen-bond acceptors (Lipinski definition) is 1. The Hall–Kier alpha value is -4.62. The van der Waals surface area contributed by atoms with Crippen molar-refractivity contribution in [3.05, 3.63) is 151 Å². The fourth-order valence-electron chi connectivity index (χ4n) is 11.2. The minimum absolute atomic E-state index is 0.0951. The van der Waals surface area contributed by atoms with Crippen LogP contribution >= 0.6 is 0 Å². The van der Waals surface area contributed by atoms with Crippen molar-refractivity contribution in [1.82, 2.24) is 0 Å². The molecule has 4 aliphatic rings. The van der Waals surface area contributed by atoms with Gasteiger partial charge >= 0.3 is 0 Å². The van der Waals surface area contributed by atoms with Crippen molar-refractivity contribution in [2.75, 3.05) is 4.90 Å². The van der Waals surface area contributed by atoms with Gasteiger partial charge in [0.2, 0.25) is 0 Å². The van der Waals surface area contributed by atoms with Gasteiger partial charge in [0.05, 0.1) is 5.69 Å². The van der Waals surface area contributed by atoms with E-state index in [1.807, 2.05) is 0 Å². The molecular formula is C47H43N. The Labute approximate surface area is 285 Å². The summed E-state index contributed by atoms with van der Waals surface area (Å²) < 4.78 is 0. The molecule has 4 aliphatic carbocycles. The maximum Gasteiger partial charge on any atom is 0.0540 e. The molecular weight excluding hydrogens is 579 g/mol. The Balaban J connectivity index is 1.15. The third-order valence-electron chi connectivity index (χ3n) is 13.3. The molecule has 0 radical (unpaired) electrons. The van der Waals surface area contributed by atoms with Crippen LogP contribution in [-0.4, -0.2) is 0 Å². The summed E-state index contributed by atoms with van der Waals surface area (Å²) in [5.74, 6) is 2.94. The first kappa shape index (κ1) is 28.4. The average Bonchev–Trinajstić information content (AvgIpc) is 3.08. The predicted molar refractivity (Wildman–Crippen MR) is 201 cm³/mol. The molecule has 1 spiro atoms. The lowest BCUT2D eigenvalue weighted by molar-refractivity contribution is -0.394. The first-order valence-electron chi connectivity index (χ1n) is 18.1. The Morgan fingerprint density at radius 3 is 1.77 bits per heavy atom. The third-order valence-corrected chi connectivity index (χ3v) is 13.3. The highest BCUT2D eigenvalue weighted by atomic mass is 15.1. The van der Waals surface area contributed by atoms with Gasteiger partial charge in [-0.3, -0.25) is 0 Å². The first-order chi connectivity index (χ1) is 23.4. The number of hydrogen-bond donors (Lipinski definition) is 0. The molecule has 6 aromatic rings. The number of rotatable bonds is 6. The molecule has 0 heterocycles. The number of anilines is 3. The Morgan fingerprint density at radius 1 is 0.542 bits per heavy atom. The maximum atomic E-state index is 2.51. The van der Waals surface area contributed by atoms with Crippen LogP contribution < -0.4 is 4.90 Å². The predicted octanol–water partition coefficient (Wildman–Crippen LogP) is 12.6. The van der Waals surface area contributed by atoms with Crippen LogP contribution in [0.3, 0.4) is 0 Å². The van der Waals surface area contributed by atoms with Crippen molar-refractivity contribution in [2.45, 2.75) is 57.3 Å². The zero-order valence-electron chi connectivity index (χ0n) is 28.3. The van der Waals surface area contributed by atoms with E-state index >= 15 is 0 Å². The number of nitrogens with zero attached hydrogens (tertiary/aromatic N) is 1. The molecule has 48 heavy (non-hydrogen) atoms.